The third kappa shape index (κ3) is 3.68. The molecule has 0 unspecified atom stereocenters. The molecule has 0 spiro atoms. The second-order valence-electron chi connectivity index (χ2n) is 8.59. The third-order valence-corrected chi connectivity index (χ3v) is 6.67. The van der Waals surface area contributed by atoms with Crippen molar-refractivity contribution in [2.24, 2.45) is 11.8 Å². The lowest BCUT2D eigenvalue weighted by Gasteiger charge is -2.50. The van der Waals surface area contributed by atoms with Crippen LogP contribution in [-0.2, 0) is 0 Å². The Bertz CT molecular complexity index is 333. The molecule has 0 saturated carbocycles. The molecular formula is C19H37N3. The van der Waals surface area contributed by atoms with Gasteiger partial charge in [0, 0.05) is 44.3 Å². The van der Waals surface area contributed by atoms with E-state index in [2.05, 4.69) is 42.4 Å². The quantitative estimate of drug-likeness (QED) is 0.791. The van der Waals surface area contributed by atoms with Crippen molar-refractivity contribution in [2.45, 2.75) is 71.5 Å². The van der Waals surface area contributed by atoms with Gasteiger partial charge >= 0.3 is 0 Å². The summed E-state index contributed by atoms with van der Waals surface area (Å²) in [7, 11) is 0. The van der Waals surface area contributed by atoms with Crippen LogP contribution in [0.5, 0.6) is 0 Å². The van der Waals surface area contributed by atoms with E-state index in [1.165, 1.54) is 65.0 Å². The number of likely N-dealkylation sites (tertiary alicyclic amines) is 3. The summed E-state index contributed by atoms with van der Waals surface area (Å²) in [4.78, 5) is 8.20. The number of piperidine rings is 2. The summed E-state index contributed by atoms with van der Waals surface area (Å²) < 4.78 is 0. The van der Waals surface area contributed by atoms with Gasteiger partial charge < -0.3 is 4.90 Å². The third-order valence-electron chi connectivity index (χ3n) is 6.67. The van der Waals surface area contributed by atoms with E-state index < -0.39 is 0 Å². The second kappa shape index (κ2) is 7.19. The topological polar surface area (TPSA) is 9.72 Å². The fourth-order valence-electron chi connectivity index (χ4n) is 4.71. The maximum Gasteiger partial charge on any atom is 0.0350 e. The first kappa shape index (κ1) is 16.7. The Balaban J connectivity index is 1.38. The molecule has 3 heterocycles. The van der Waals surface area contributed by atoms with Crippen molar-refractivity contribution in [1.82, 2.24) is 14.7 Å². The van der Waals surface area contributed by atoms with Crippen LogP contribution in [0.1, 0.15) is 53.4 Å². The predicted octanol–water partition coefficient (Wildman–Crippen LogP) is 2.91. The van der Waals surface area contributed by atoms with Gasteiger partial charge in [-0.15, -0.1) is 0 Å². The van der Waals surface area contributed by atoms with Gasteiger partial charge in [-0.3, -0.25) is 9.80 Å². The van der Waals surface area contributed by atoms with Crippen LogP contribution in [-0.4, -0.2) is 72.1 Å². The molecule has 0 aliphatic carbocycles. The van der Waals surface area contributed by atoms with Gasteiger partial charge in [-0.1, -0.05) is 13.8 Å². The zero-order valence-electron chi connectivity index (χ0n) is 15.3. The van der Waals surface area contributed by atoms with E-state index in [9.17, 15) is 0 Å². The number of rotatable bonds is 4. The highest BCUT2D eigenvalue weighted by Crippen LogP contribution is 2.29. The van der Waals surface area contributed by atoms with Crippen LogP contribution in [0.4, 0.5) is 0 Å². The van der Waals surface area contributed by atoms with Crippen molar-refractivity contribution in [3.8, 4) is 0 Å². The molecule has 128 valence electrons. The molecule has 0 atom stereocenters. The second-order valence-corrected chi connectivity index (χ2v) is 8.59. The summed E-state index contributed by atoms with van der Waals surface area (Å²) in [5.41, 5.74) is 0. The highest BCUT2D eigenvalue weighted by molar-refractivity contribution is 4.93. The van der Waals surface area contributed by atoms with E-state index >= 15 is 0 Å². The molecule has 3 aliphatic heterocycles. The molecule has 3 heteroatoms. The highest BCUT2D eigenvalue weighted by atomic mass is 15.3. The first-order valence-electron chi connectivity index (χ1n) is 9.76. The maximum atomic E-state index is 2.82. The van der Waals surface area contributed by atoms with Crippen LogP contribution in [0.15, 0.2) is 0 Å². The van der Waals surface area contributed by atoms with Gasteiger partial charge in [-0.2, -0.15) is 0 Å². The van der Waals surface area contributed by atoms with Crippen molar-refractivity contribution in [2.75, 3.05) is 39.3 Å². The van der Waals surface area contributed by atoms with Gasteiger partial charge in [-0.05, 0) is 64.5 Å². The molecule has 3 nitrogen and oxygen atoms in total. The van der Waals surface area contributed by atoms with E-state index in [4.69, 9.17) is 0 Å². The van der Waals surface area contributed by atoms with Crippen molar-refractivity contribution < 1.29 is 0 Å². The normalized spacial score (nSPS) is 28.6. The monoisotopic (exact) mass is 307 g/mol. The van der Waals surface area contributed by atoms with Crippen LogP contribution in [0.2, 0.25) is 0 Å². The summed E-state index contributed by atoms with van der Waals surface area (Å²) in [6.07, 6.45) is 5.68. The molecule has 3 aliphatic rings. The molecule has 22 heavy (non-hydrogen) atoms. The fourth-order valence-corrected chi connectivity index (χ4v) is 4.71. The standard InChI is InChI=1S/C19H37N3/c1-15(2)17-5-9-20(10-6-17)18-7-11-21(12-8-18)19-13-22(14-19)16(3)4/h15-19H,5-14H2,1-4H3. The van der Waals surface area contributed by atoms with Crippen LogP contribution in [0.25, 0.3) is 0 Å². The lowest BCUT2D eigenvalue weighted by Crippen LogP contribution is -2.63. The van der Waals surface area contributed by atoms with Crippen molar-refractivity contribution in [3.05, 3.63) is 0 Å². The molecule has 0 bridgehead atoms. The summed E-state index contributed by atoms with van der Waals surface area (Å²) >= 11 is 0. The minimum atomic E-state index is 0.732. The van der Waals surface area contributed by atoms with Gasteiger partial charge in [0.25, 0.3) is 0 Å². The van der Waals surface area contributed by atoms with Gasteiger partial charge in [0.05, 0.1) is 0 Å². The highest BCUT2D eigenvalue weighted by Gasteiger charge is 2.36. The van der Waals surface area contributed by atoms with E-state index in [-0.39, 0.29) is 0 Å². The van der Waals surface area contributed by atoms with Crippen LogP contribution in [0.3, 0.4) is 0 Å². The minimum absolute atomic E-state index is 0.732. The Morgan fingerprint density at radius 2 is 1.18 bits per heavy atom. The van der Waals surface area contributed by atoms with Crippen molar-refractivity contribution >= 4 is 0 Å². The zero-order chi connectivity index (χ0) is 15.7. The Morgan fingerprint density at radius 3 is 1.68 bits per heavy atom. The molecule has 3 rings (SSSR count). The maximum absolute atomic E-state index is 2.82. The predicted molar refractivity (Wildman–Crippen MR) is 94.2 cm³/mol. The minimum Gasteiger partial charge on any atom is -0.300 e. The Labute approximate surface area is 138 Å². The average Bonchev–Trinajstić information content (AvgIpc) is 2.46. The van der Waals surface area contributed by atoms with E-state index in [0.717, 1.165) is 30.0 Å². The molecule has 0 aromatic carbocycles. The van der Waals surface area contributed by atoms with Crippen LogP contribution < -0.4 is 0 Å². The van der Waals surface area contributed by atoms with Crippen molar-refractivity contribution in [1.29, 1.82) is 0 Å². The van der Waals surface area contributed by atoms with E-state index in [1.807, 2.05) is 0 Å². The summed E-state index contributed by atoms with van der Waals surface area (Å²) in [5.74, 6) is 1.86. The number of hydrogen-bond donors (Lipinski definition) is 0. The molecule has 0 amide bonds. The largest absolute Gasteiger partial charge is 0.300 e. The first-order chi connectivity index (χ1) is 10.5. The Hall–Kier alpha value is -0.120. The SMILES string of the molecule is CC(C)C1CCN(C2CCN(C3CN(C(C)C)C3)CC2)CC1. The molecule has 0 N–H and O–H groups in total. The molecule has 0 aromatic rings. The van der Waals surface area contributed by atoms with Gasteiger partial charge in [0.1, 0.15) is 0 Å². The lowest BCUT2D eigenvalue weighted by atomic mass is 9.85. The smallest absolute Gasteiger partial charge is 0.0350 e. The number of nitrogens with zero attached hydrogens (tertiary/aromatic N) is 3. The van der Waals surface area contributed by atoms with Crippen molar-refractivity contribution in [3.63, 3.8) is 0 Å². The van der Waals surface area contributed by atoms with E-state index in [1.54, 1.807) is 0 Å². The van der Waals surface area contributed by atoms with Crippen LogP contribution >= 0.6 is 0 Å². The molecule has 3 fully saturated rings. The van der Waals surface area contributed by atoms with E-state index in [0.29, 0.717) is 0 Å². The number of hydrogen-bond acceptors (Lipinski definition) is 3. The summed E-state index contributed by atoms with van der Waals surface area (Å²) in [6, 6.07) is 2.47. The first-order valence-corrected chi connectivity index (χ1v) is 9.76. The molecule has 0 aromatic heterocycles. The summed E-state index contributed by atoms with van der Waals surface area (Å²) in [5, 5.41) is 0. The van der Waals surface area contributed by atoms with Gasteiger partial charge in [0.15, 0.2) is 0 Å². The lowest BCUT2D eigenvalue weighted by molar-refractivity contribution is -0.0135. The molecule has 0 radical (unpaired) electrons. The Morgan fingerprint density at radius 1 is 0.682 bits per heavy atom. The molecule has 3 saturated heterocycles. The Kier molecular flexibility index (Phi) is 5.47. The van der Waals surface area contributed by atoms with Gasteiger partial charge in [-0.25, -0.2) is 0 Å². The fraction of sp³-hybridized carbons (Fsp3) is 1.00. The average molecular weight is 308 g/mol. The van der Waals surface area contributed by atoms with Gasteiger partial charge in [0.2, 0.25) is 0 Å². The van der Waals surface area contributed by atoms with Crippen LogP contribution in [0, 0.1) is 11.8 Å². The zero-order valence-corrected chi connectivity index (χ0v) is 15.3. The summed E-state index contributed by atoms with van der Waals surface area (Å²) in [6.45, 7) is 17.5. The molecular weight excluding hydrogens is 270 g/mol.